The molecule has 0 saturated carbocycles. The van der Waals surface area contributed by atoms with Crippen molar-refractivity contribution in [2.45, 2.75) is 76.3 Å². The molecule has 0 spiro atoms. The first-order chi connectivity index (χ1) is 13.7. The van der Waals surface area contributed by atoms with E-state index in [0.717, 1.165) is 44.4 Å². The monoisotopic (exact) mass is 466 g/mol. The van der Waals surface area contributed by atoms with Gasteiger partial charge < -0.3 is 15.3 Å². The first-order valence-corrected chi connectivity index (χ1v) is 12.5. The van der Waals surface area contributed by atoms with E-state index >= 15 is 0 Å². The van der Waals surface area contributed by atoms with Crippen molar-refractivity contribution in [2.75, 3.05) is 19.8 Å². The molecular weight excluding hydrogens is 427 g/mol. The molecule has 0 atom stereocenters. The molecule has 2 aliphatic carbocycles. The summed E-state index contributed by atoms with van der Waals surface area (Å²) >= 11 is 1.65. The third-order valence-electron chi connectivity index (χ3n) is 4.19. The summed E-state index contributed by atoms with van der Waals surface area (Å²) in [5.74, 6) is 0.739. The van der Waals surface area contributed by atoms with Gasteiger partial charge >= 0.3 is 95.2 Å². The number of unbranched alkanes of at least 4 members (excludes halogenated alkanes) is 3. The first-order valence-electron chi connectivity index (χ1n) is 10.8. The van der Waals surface area contributed by atoms with Crippen molar-refractivity contribution in [3.63, 3.8) is 0 Å². The van der Waals surface area contributed by atoms with Crippen LogP contribution in [0.1, 0.15) is 72.1 Å². The molecule has 28 heavy (non-hydrogen) atoms. The molecule has 0 N–H and O–H groups in total. The van der Waals surface area contributed by atoms with Gasteiger partial charge in [0.2, 0.25) is 0 Å². The Morgan fingerprint density at radius 1 is 0.750 bits per heavy atom. The number of hydrogen-bond donors (Lipinski definition) is 0. The predicted molar refractivity (Wildman–Crippen MR) is 111 cm³/mol. The van der Waals surface area contributed by atoms with Crippen molar-refractivity contribution < 1.29 is 40.0 Å². The summed E-state index contributed by atoms with van der Waals surface area (Å²) in [4.78, 5) is 0. The zero-order valence-corrected chi connectivity index (χ0v) is 20.7. The van der Waals surface area contributed by atoms with Gasteiger partial charge in [0, 0.05) is 0 Å². The Kier molecular flexibility index (Phi) is 26.5. The maximum absolute atomic E-state index is 9.53. The van der Waals surface area contributed by atoms with Crippen LogP contribution >= 0.6 is 0 Å². The Bertz CT molecular complexity index is 389. The molecule has 0 unspecified atom stereocenters. The minimum atomic E-state index is 0.0938. The number of allylic oxidation sites excluding steroid dienone is 8. The van der Waals surface area contributed by atoms with Gasteiger partial charge in [0.05, 0.1) is 0 Å². The van der Waals surface area contributed by atoms with Crippen LogP contribution in [-0.2, 0) is 24.7 Å². The molecule has 158 valence electrons. The second kappa shape index (κ2) is 24.8. The number of rotatable bonds is 9. The minimum absolute atomic E-state index is 0.0938. The molecule has 4 heteroatoms. The van der Waals surface area contributed by atoms with Crippen LogP contribution in [0.25, 0.3) is 0 Å². The molecule has 0 aromatic heterocycles. The number of hydrogen-bond acceptors (Lipinski definition) is 3. The van der Waals surface area contributed by atoms with Gasteiger partial charge in [0.1, 0.15) is 0 Å². The van der Waals surface area contributed by atoms with Gasteiger partial charge in [-0.15, -0.1) is 19.8 Å². The Balaban J connectivity index is 0. The Labute approximate surface area is 189 Å². The van der Waals surface area contributed by atoms with Gasteiger partial charge in [-0.1, -0.05) is 59.3 Å². The zero-order valence-electron chi connectivity index (χ0n) is 18.3. The Morgan fingerprint density at radius 3 is 1.25 bits per heavy atom. The third-order valence-corrected chi connectivity index (χ3v) is 5.20. The summed E-state index contributed by atoms with van der Waals surface area (Å²) in [5.41, 5.74) is 3.23. The van der Waals surface area contributed by atoms with E-state index in [1.54, 1.807) is 35.9 Å². The van der Waals surface area contributed by atoms with Crippen LogP contribution in [0.5, 0.6) is 0 Å². The molecule has 2 rings (SSSR count). The van der Waals surface area contributed by atoms with Crippen molar-refractivity contribution >= 4 is 0 Å². The summed E-state index contributed by atoms with van der Waals surface area (Å²) in [5, 5.41) is 28.6. The molecule has 0 radical (unpaired) electrons. The van der Waals surface area contributed by atoms with Crippen LogP contribution < -0.4 is 15.3 Å². The van der Waals surface area contributed by atoms with E-state index in [2.05, 4.69) is 36.5 Å². The normalized spacial score (nSPS) is 13.8. The molecule has 0 fully saturated rings. The van der Waals surface area contributed by atoms with Crippen LogP contribution in [0.4, 0.5) is 0 Å². The predicted octanol–water partition coefficient (Wildman–Crippen LogP) is 3.78. The van der Waals surface area contributed by atoms with E-state index in [4.69, 9.17) is 0 Å². The SMILES string of the molecule is CCCC[O-].CCCC[O-].CCCC[O-].[Zr+3][CH2]C(C1=CC=CC1)C1=CC=CC1. The van der Waals surface area contributed by atoms with Gasteiger partial charge in [-0.25, -0.2) is 0 Å². The molecule has 0 heterocycles. The molecule has 0 aromatic rings. The van der Waals surface area contributed by atoms with Crippen LogP contribution in [-0.4, -0.2) is 19.8 Å². The summed E-state index contributed by atoms with van der Waals surface area (Å²) in [6.07, 6.45) is 21.5. The van der Waals surface area contributed by atoms with Crippen molar-refractivity contribution in [2.24, 2.45) is 5.92 Å². The molecule has 0 aliphatic heterocycles. The van der Waals surface area contributed by atoms with E-state index in [1.807, 2.05) is 20.8 Å². The average molecular weight is 468 g/mol. The van der Waals surface area contributed by atoms with Crippen molar-refractivity contribution in [1.82, 2.24) is 0 Å². The standard InChI is InChI=1S/C12H13.3C4H9O.Zr/c1-10(11-6-2-3-7-11)12-8-4-5-9-12;3*1-2-3-4-5;/h2-6,8,10H,1,7,9H2;3*2-4H2,1H3;/q;3*-1;+3. The van der Waals surface area contributed by atoms with Crippen LogP contribution in [0.3, 0.4) is 0 Å². The van der Waals surface area contributed by atoms with Crippen molar-refractivity contribution in [3.05, 3.63) is 47.6 Å². The van der Waals surface area contributed by atoms with Crippen LogP contribution in [0.15, 0.2) is 47.6 Å². The van der Waals surface area contributed by atoms with E-state index in [9.17, 15) is 15.3 Å². The molecular formula is C24H40O3Zr. The molecule has 0 bridgehead atoms. The second-order valence-corrected chi connectivity index (χ2v) is 7.68. The quantitative estimate of drug-likeness (QED) is 0.518. The van der Waals surface area contributed by atoms with Crippen LogP contribution in [0.2, 0.25) is 4.13 Å². The van der Waals surface area contributed by atoms with Gasteiger partial charge in [-0.2, -0.15) is 0 Å². The van der Waals surface area contributed by atoms with Crippen molar-refractivity contribution in [3.8, 4) is 0 Å². The van der Waals surface area contributed by atoms with E-state index in [0.29, 0.717) is 0 Å². The van der Waals surface area contributed by atoms with Gasteiger partial charge in [-0.3, -0.25) is 0 Å². The van der Waals surface area contributed by atoms with Gasteiger partial charge in [-0.05, 0) is 0 Å². The first kappa shape index (κ1) is 29.9. The summed E-state index contributed by atoms with van der Waals surface area (Å²) < 4.78 is 1.33. The van der Waals surface area contributed by atoms with E-state index < -0.39 is 0 Å². The third kappa shape index (κ3) is 17.8. The van der Waals surface area contributed by atoms with E-state index in [1.165, 1.54) is 17.0 Å². The Hall–Kier alpha value is -0.277. The van der Waals surface area contributed by atoms with Gasteiger partial charge in [0.15, 0.2) is 0 Å². The molecule has 0 saturated heterocycles. The van der Waals surface area contributed by atoms with Crippen molar-refractivity contribution in [1.29, 1.82) is 0 Å². The fourth-order valence-corrected chi connectivity index (χ4v) is 3.67. The summed E-state index contributed by atoms with van der Waals surface area (Å²) in [6, 6.07) is 0. The fourth-order valence-electron chi connectivity index (χ4n) is 2.38. The topological polar surface area (TPSA) is 69.2 Å². The maximum atomic E-state index is 9.53. The molecule has 0 aromatic carbocycles. The summed E-state index contributed by atoms with van der Waals surface area (Å²) in [7, 11) is 0. The average Bonchev–Trinajstić information content (AvgIpc) is 3.41. The Morgan fingerprint density at radius 2 is 1.11 bits per heavy atom. The fraction of sp³-hybridized carbons (Fsp3) is 0.667. The summed E-state index contributed by atoms with van der Waals surface area (Å²) in [6.45, 7) is 6.32. The van der Waals surface area contributed by atoms with Gasteiger partial charge in [0.25, 0.3) is 0 Å². The second-order valence-electron chi connectivity index (χ2n) is 6.68. The van der Waals surface area contributed by atoms with E-state index in [-0.39, 0.29) is 19.8 Å². The zero-order chi connectivity index (χ0) is 21.5. The molecule has 2 aliphatic rings. The molecule has 0 amide bonds. The van der Waals surface area contributed by atoms with Crippen LogP contribution in [0, 0.1) is 5.92 Å². The molecule has 3 nitrogen and oxygen atoms in total.